The van der Waals surface area contributed by atoms with E-state index >= 15 is 0 Å². The maximum Gasteiger partial charge on any atom is 0.341 e. The molecule has 1 amide bonds. The third-order valence-corrected chi connectivity index (χ3v) is 6.59. The number of benzene rings is 1. The van der Waals surface area contributed by atoms with Gasteiger partial charge in [0, 0.05) is 54.9 Å². The molecule has 4 rings (SSSR count). The van der Waals surface area contributed by atoms with Gasteiger partial charge < -0.3 is 19.4 Å². The Labute approximate surface area is 206 Å². The number of nitro benzene ring substituents is 1. The Morgan fingerprint density at radius 3 is 2.46 bits per heavy atom. The first kappa shape index (κ1) is 24.4. The molecule has 3 heterocycles. The third-order valence-electron chi connectivity index (χ3n) is 5.69. The van der Waals surface area contributed by atoms with Gasteiger partial charge >= 0.3 is 5.97 Å². The van der Waals surface area contributed by atoms with E-state index in [1.165, 1.54) is 23.5 Å². The summed E-state index contributed by atoms with van der Waals surface area (Å²) in [5, 5.41) is 15.9. The summed E-state index contributed by atoms with van der Waals surface area (Å²) < 4.78 is 10.9. The molecular formula is C24H26N4O6S. The normalized spacial score (nSPS) is 14.1. The van der Waals surface area contributed by atoms with E-state index in [9.17, 15) is 19.7 Å². The van der Waals surface area contributed by atoms with Gasteiger partial charge in [0.1, 0.15) is 22.1 Å². The smallest absolute Gasteiger partial charge is 0.341 e. The average Bonchev–Trinajstić information content (AvgIpc) is 3.45. The number of furan rings is 1. The van der Waals surface area contributed by atoms with Crippen LogP contribution in [-0.4, -0.2) is 61.0 Å². The SMILES string of the molecule is CCOC(=O)c1c(-c2ccc(C)o2)csc1NC(=O)CN1CCN(c2ccc([N+](=O)[O-])cc2)CC1. The molecule has 35 heavy (non-hydrogen) atoms. The van der Waals surface area contributed by atoms with E-state index in [4.69, 9.17) is 9.15 Å². The van der Waals surface area contributed by atoms with E-state index in [2.05, 4.69) is 10.2 Å². The highest BCUT2D eigenvalue weighted by Crippen LogP contribution is 2.37. The quantitative estimate of drug-likeness (QED) is 0.279. The van der Waals surface area contributed by atoms with Crippen molar-refractivity contribution < 1.29 is 23.7 Å². The fraction of sp³-hybridized carbons (Fsp3) is 0.333. The Bertz CT molecular complexity index is 1210. The zero-order chi connectivity index (χ0) is 24.9. The van der Waals surface area contributed by atoms with Gasteiger partial charge in [-0.3, -0.25) is 19.8 Å². The monoisotopic (exact) mass is 498 g/mol. The molecule has 1 aliphatic rings. The number of carbonyl (C=O) groups excluding carboxylic acids is 2. The zero-order valence-electron chi connectivity index (χ0n) is 19.5. The molecule has 2 aromatic heterocycles. The highest BCUT2D eigenvalue weighted by molar-refractivity contribution is 7.15. The minimum atomic E-state index is -0.509. The zero-order valence-corrected chi connectivity index (χ0v) is 20.3. The van der Waals surface area contributed by atoms with Crippen LogP contribution >= 0.6 is 11.3 Å². The molecule has 0 radical (unpaired) electrons. The minimum absolute atomic E-state index is 0.0603. The van der Waals surface area contributed by atoms with Crippen LogP contribution in [-0.2, 0) is 9.53 Å². The lowest BCUT2D eigenvalue weighted by Crippen LogP contribution is -2.48. The van der Waals surface area contributed by atoms with Crippen molar-refractivity contribution in [1.82, 2.24) is 4.90 Å². The number of aryl methyl sites for hydroxylation is 1. The van der Waals surface area contributed by atoms with Gasteiger partial charge in [0.25, 0.3) is 5.69 Å². The van der Waals surface area contributed by atoms with Crippen molar-refractivity contribution in [1.29, 1.82) is 0 Å². The number of carbonyl (C=O) groups is 2. The Morgan fingerprint density at radius 2 is 1.86 bits per heavy atom. The van der Waals surface area contributed by atoms with Gasteiger partial charge in [-0.1, -0.05) is 0 Å². The van der Waals surface area contributed by atoms with Crippen LogP contribution in [0.2, 0.25) is 0 Å². The number of amides is 1. The van der Waals surface area contributed by atoms with Crippen LogP contribution in [0.1, 0.15) is 23.0 Å². The summed E-state index contributed by atoms with van der Waals surface area (Å²) in [7, 11) is 0. The average molecular weight is 499 g/mol. The van der Waals surface area contributed by atoms with Gasteiger partial charge in [-0.25, -0.2) is 4.79 Å². The number of hydrogen-bond acceptors (Lipinski definition) is 9. The molecular weight excluding hydrogens is 472 g/mol. The molecule has 1 saturated heterocycles. The van der Waals surface area contributed by atoms with Crippen LogP contribution in [0, 0.1) is 17.0 Å². The van der Waals surface area contributed by atoms with Crippen molar-refractivity contribution in [3.8, 4) is 11.3 Å². The van der Waals surface area contributed by atoms with Gasteiger partial charge in [0.15, 0.2) is 0 Å². The maximum atomic E-state index is 12.8. The van der Waals surface area contributed by atoms with Crippen LogP contribution in [0.4, 0.5) is 16.4 Å². The van der Waals surface area contributed by atoms with Crippen LogP contribution in [0.5, 0.6) is 0 Å². The number of piperazine rings is 1. The number of nitro groups is 1. The first-order valence-corrected chi connectivity index (χ1v) is 12.1. The number of ether oxygens (including phenoxy) is 1. The number of non-ortho nitro benzene ring substituents is 1. The van der Waals surface area contributed by atoms with Crippen LogP contribution in [0.25, 0.3) is 11.3 Å². The second-order valence-electron chi connectivity index (χ2n) is 8.07. The second kappa shape index (κ2) is 10.7. The highest BCUT2D eigenvalue weighted by Gasteiger charge is 2.26. The Balaban J connectivity index is 1.38. The van der Waals surface area contributed by atoms with Crippen molar-refractivity contribution in [2.24, 2.45) is 0 Å². The third kappa shape index (κ3) is 5.69. The number of anilines is 2. The molecule has 3 aromatic rings. The maximum absolute atomic E-state index is 12.8. The Hall–Kier alpha value is -3.70. The van der Waals surface area contributed by atoms with Gasteiger partial charge in [0.05, 0.1) is 18.1 Å². The first-order chi connectivity index (χ1) is 16.9. The van der Waals surface area contributed by atoms with E-state index < -0.39 is 10.9 Å². The molecule has 0 unspecified atom stereocenters. The number of hydrogen-bond donors (Lipinski definition) is 1. The van der Waals surface area contributed by atoms with Crippen molar-refractivity contribution in [2.45, 2.75) is 13.8 Å². The van der Waals surface area contributed by atoms with Gasteiger partial charge in [-0.15, -0.1) is 11.3 Å². The van der Waals surface area contributed by atoms with E-state index in [0.717, 1.165) is 11.4 Å². The lowest BCUT2D eigenvalue weighted by Gasteiger charge is -2.35. The van der Waals surface area contributed by atoms with E-state index in [0.29, 0.717) is 48.1 Å². The van der Waals surface area contributed by atoms with E-state index in [1.54, 1.807) is 30.5 Å². The first-order valence-electron chi connectivity index (χ1n) is 11.2. The van der Waals surface area contributed by atoms with Gasteiger partial charge in [-0.05, 0) is 38.1 Å². The molecule has 1 fully saturated rings. The summed E-state index contributed by atoms with van der Waals surface area (Å²) in [4.78, 5) is 40.1. The molecule has 0 spiro atoms. The summed E-state index contributed by atoms with van der Waals surface area (Å²) in [5.41, 5.74) is 1.86. The lowest BCUT2D eigenvalue weighted by atomic mass is 10.1. The van der Waals surface area contributed by atoms with Crippen LogP contribution < -0.4 is 10.2 Å². The molecule has 0 aliphatic carbocycles. The summed E-state index contributed by atoms with van der Waals surface area (Å²) in [5.74, 6) is 0.539. The summed E-state index contributed by atoms with van der Waals surface area (Å²) in [6, 6.07) is 10.1. The highest BCUT2D eigenvalue weighted by atomic mass is 32.1. The predicted octanol–water partition coefficient (Wildman–Crippen LogP) is 4.16. The standard InChI is InChI=1S/C24H26N4O6S/c1-3-33-24(30)22-19(20-9-4-16(2)34-20)15-35-23(22)25-21(29)14-26-10-12-27(13-11-26)17-5-7-18(8-6-17)28(31)32/h4-9,15H,3,10-14H2,1-2H3,(H,25,29). The summed E-state index contributed by atoms with van der Waals surface area (Å²) in [6.07, 6.45) is 0. The van der Waals surface area contributed by atoms with Crippen molar-refractivity contribution in [2.75, 3.05) is 49.5 Å². The largest absolute Gasteiger partial charge is 0.462 e. The molecule has 0 atom stereocenters. The molecule has 0 saturated carbocycles. The minimum Gasteiger partial charge on any atom is -0.462 e. The molecule has 1 aliphatic heterocycles. The summed E-state index contributed by atoms with van der Waals surface area (Å²) in [6.45, 7) is 6.67. The van der Waals surface area contributed by atoms with Crippen LogP contribution in [0.15, 0.2) is 46.2 Å². The van der Waals surface area contributed by atoms with Crippen molar-refractivity contribution in [3.05, 3.63) is 63.2 Å². The number of nitrogens with zero attached hydrogens (tertiary/aromatic N) is 3. The number of nitrogens with one attached hydrogen (secondary N) is 1. The topological polar surface area (TPSA) is 118 Å². The molecule has 1 N–H and O–H groups in total. The van der Waals surface area contributed by atoms with Gasteiger partial charge in [0.2, 0.25) is 5.91 Å². The predicted molar refractivity (Wildman–Crippen MR) is 133 cm³/mol. The Morgan fingerprint density at radius 1 is 1.14 bits per heavy atom. The number of esters is 1. The van der Waals surface area contributed by atoms with Gasteiger partial charge in [-0.2, -0.15) is 0 Å². The fourth-order valence-electron chi connectivity index (χ4n) is 3.94. The van der Waals surface area contributed by atoms with Crippen molar-refractivity contribution in [3.63, 3.8) is 0 Å². The molecule has 11 heteroatoms. The van der Waals surface area contributed by atoms with Crippen LogP contribution in [0.3, 0.4) is 0 Å². The summed E-state index contributed by atoms with van der Waals surface area (Å²) >= 11 is 1.26. The molecule has 1 aromatic carbocycles. The molecule has 10 nitrogen and oxygen atoms in total. The van der Waals surface area contributed by atoms with E-state index in [1.807, 2.05) is 17.9 Å². The Kier molecular flexibility index (Phi) is 7.47. The van der Waals surface area contributed by atoms with Crippen molar-refractivity contribution >= 4 is 39.6 Å². The second-order valence-corrected chi connectivity index (χ2v) is 8.95. The lowest BCUT2D eigenvalue weighted by molar-refractivity contribution is -0.384. The fourth-order valence-corrected chi connectivity index (χ4v) is 4.89. The number of rotatable bonds is 8. The molecule has 184 valence electrons. The number of thiophene rings is 1. The molecule has 0 bridgehead atoms. The van der Waals surface area contributed by atoms with E-state index in [-0.39, 0.29) is 24.7 Å².